The van der Waals surface area contributed by atoms with Gasteiger partial charge in [0.25, 0.3) is 0 Å². The van der Waals surface area contributed by atoms with E-state index in [-0.39, 0.29) is 17.0 Å². The van der Waals surface area contributed by atoms with Gasteiger partial charge in [0.15, 0.2) is 9.84 Å². The van der Waals surface area contributed by atoms with Gasteiger partial charge in [-0.3, -0.25) is 0 Å². The van der Waals surface area contributed by atoms with Crippen LogP contribution in [0.2, 0.25) is 0 Å². The average Bonchev–Trinajstić information content (AvgIpc) is 2.66. The molecule has 0 bridgehead atoms. The van der Waals surface area contributed by atoms with Crippen LogP contribution in [0.5, 0.6) is 0 Å². The molecule has 2 aromatic carbocycles. The Labute approximate surface area is 180 Å². The third-order valence-electron chi connectivity index (χ3n) is 5.55. The lowest BCUT2D eigenvalue weighted by atomic mass is 9.76. The standard InChI is InChI=1S/C22H27BrFNO3S/c1-16-10-19(24)13-21(11-16)29(27,28)15-20(26)14-25-22(8-3-2-4-9-22)17-6-5-7-18(23)12-17/h5-7,10-13,20,25-26H,2-4,8-9,14-15H2,1H3. The SMILES string of the molecule is Cc1cc(F)cc(S(=O)(=O)CC(O)CNC2(c3cccc(Br)c3)CCCCC2)c1. The van der Waals surface area contributed by atoms with E-state index in [1.165, 1.54) is 18.6 Å². The van der Waals surface area contributed by atoms with Crippen LogP contribution in [0.4, 0.5) is 4.39 Å². The van der Waals surface area contributed by atoms with Gasteiger partial charge in [0.2, 0.25) is 0 Å². The van der Waals surface area contributed by atoms with Crippen LogP contribution in [0.15, 0.2) is 51.8 Å². The molecule has 1 fully saturated rings. The van der Waals surface area contributed by atoms with Crippen molar-refractivity contribution >= 4 is 25.8 Å². The van der Waals surface area contributed by atoms with E-state index in [4.69, 9.17) is 0 Å². The van der Waals surface area contributed by atoms with Gasteiger partial charge in [-0.25, -0.2) is 12.8 Å². The highest BCUT2D eigenvalue weighted by atomic mass is 79.9. The number of benzene rings is 2. The van der Waals surface area contributed by atoms with Crippen molar-refractivity contribution in [3.05, 3.63) is 63.9 Å². The summed E-state index contributed by atoms with van der Waals surface area (Å²) < 4.78 is 39.9. The number of sulfone groups is 1. The fourth-order valence-corrected chi connectivity index (χ4v) is 5.99. The third-order valence-corrected chi connectivity index (χ3v) is 7.82. The number of aliphatic hydroxyl groups is 1. The van der Waals surface area contributed by atoms with Crippen LogP contribution in [-0.4, -0.2) is 31.9 Å². The van der Waals surface area contributed by atoms with E-state index in [0.29, 0.717) is 5.56 Å². The average molecular weight is 484 g/mol. The summed E-state index contributed by atoms with van der Waals surface area (Å²) in [6, 6.07) is 11.8. The first-order valence-electron chi connectivity index (χ1n) is 9.89. The van der Waals surface area contributed by atoms with Crippen molar-refractivity contribution < 1.29 is 17.9 Å². The molecule has 0 saturated heterocycles. The van der Waals surface area contributed by atoms with Crippen molar-refractivity contribution in [2.75, 3.05) is 12.3 Å². The Morgan fingerprint density at radius 3 is 2.55 bits per heavy atom. The molecule has 0 heterocycles. The normalized spacial score (nSPS) is 17.8. The summed E-state index contributed by atoms with van der Waals surface area (Å²) in [5, 5.41) is 14.0. The number of hydrogen-bond donors (Lipinski definition) is 2. The summed E-state index contributed by atoms with van der Waals surface area (Å²) in [4.78, 5) is -0.0894. The largest absolute Gasteiger partial charge is 0.391 e. The third kappa shape index (κ3) is 5.66. The zero-order valence-corrected chi connectivity index (χ0v) is 18.9. The summed E-state index contributed by atoms with van der Waals surface area (Å²) >= 11 is 3.52. The second-order valence-electron chi connectivity index (χ2n) is 7.93. The van der Waals surface area contributed by atoms with Crippen molar-refractivity contribution in [2.45, 2.75) is 55.6 Å². The van der Waals surface area contributed by atoms with E-state index in [1.807, 2.05) is 12.1 Å². The highest BCUT2D eigenvalue weighted by Crippen LogP contribution is 2.38. The second kappa shape index (κ2) is 9.25. The van der Waals surface area contributed by atoms with Crippen molar-refractivity contribution in [1.82, 2.24) is 5.32 Å². The second-order valence-corrected chi connectivity index (χ2v) is 10.9. The minimum Gasteiger partial charge on any atom is -0.391 e. The minimum atomic E-state index is -3.79. The van der Waals surface area contributed by atoms with Crippen LogP contribution >= 0.6 is 15.9 Å². The van der Waals surface area contributed by atoms with Gasteiger partial charge in [-0.2, -0.15) is 0 Å². The van der Waals surface area contributed by atoms with Crippen LogP contribution in [0.3, 0.4) is 0 Å². The molecule has 2 N–H and O–H groups in total. The van der Waals surface area contributed by atoms with Gasteiger partial charge in [0.1, 0.15) is 5.82 Å². The first-order chi connectivity index (χ1) is 13.7. The van der Waals surface area contributed by atoms with Crippen molar-refractivity contribution in [2.24, 2.45) is 0 Å². The molecule has 1 aliphatic carbocycles. The molecule has 0 spiro atoms. The monoisotopic (exact) mass is 483 g/mol. The van der Waals surface area contributed by atoms with E-state index in [0.717, 1.165) is 41.8 Å². The summed E-state index contributed by atoms with van der Waals surface area (Å²) in [7, 11) is -3.79. The molecular weight excluding hydrogens is 457 g/mol. The van der Waals surface area contributed by atoms with E-state index in [2.05, 4.69) is 33.4 Å². The molecule has 1 unspecified atom stereocenters. The summed E-state index contributed by atoms with van der Waals surface area (Å²) in [6.45, 7) is 1.80. The lowest BCUT2D eigenvalue weighted by Gasteiger charge is -2.39. The van der Waals surface area contributed by atoms with Gasteiger partial charge in [-0.1, -0.05) is 47.3 Å². The molecular formula is C22H27BrFNO3S. The molecule has 1 atom stereocenters. The Bertz CT molecular complexity index is 938. The Morgan fingerprint density at radius 1 is 1.17 bits per heavy atom. The molecule has 3 rings (SSSR count). The molecule has 1 saturated carbocycles. The fraction of sp³-hybridized carbons (Fsp3) is 0.455. The molecule has 0 radical (unpaired) electrons. The van der Waals surface area contributed by atoms with E-state index < -0.39 is 27.5 Å². The molecule has 0 amide bonds. The number of aliphatic hydroxyl groups excluding tert-OH is 1. The maximum absolute atomic E-state index is 13.6. The Balaban J connectivity index is 1.72. The predicted octanol–water partition coefficient (Wildman–Crippen LogP) is 4.48. The van der Waals surface area contributed by atoms with Crippen LogP contribution in [0.25, 0.3) is 0 Å². The smallest absolute Gasteiger partial charge is 0.181 e. The fourth-order valence-electron chi connectivity index (χ4n) is 4.11. The molecule has 29 heavy (non-hydrogen) atoms. The number of hydrogen-bond acceptors (Lipinski definition) is 4. The van der Waals surface area contributed by atoms with Crippen LogP contribution in [-0.2, 0) is 15.4 Å². The van der Waals surface area contributed by atoms with E-state index >= 15 is 0 Å². The highest BCUT2D eigenvalue weighted by Gasteiger charge is 2.34. The quantitative estimate of drug-likeness (QED) is 0.608. The summed E-state index contributed by atoms with van der Waals surface area (Å²) in [5.41, 5.74) is 1.40. The minimum absolute atomic E-state index is 0.0894. The summed E-state index contributed by atoms with van der Waals surface area (Å²) in [6.07, 6.45) is 4.12. The zero-order chi connectivity index (χ0) is 21.1. The van der Waals surface area contributed by atoms with Gasteiger partial charge in [0, 0.05) is 16.6 Å². The van der Waals surface area contributed by atoms with Crippen molar-refractivity contribution in [3.63, 3.8) is 0 Å². The van der Waals surface area contributed by atoms with Gasteiger partial charge >= 0.3 is 0 Å². The number of nitrogens with one attached hydrogen (secondary N) is 1. The topological polar surface area (TPSA) is 66.4 Å². The maximum atomic E-state index is 13.6. The van der Waals surface area contributed by atoms with Gasteiger partial charge in [-0.15, -0.1) is 0 Å². The Morgan fingerprint density at radius 2 is 1.90 bits per heavy atom. The molecule has 158 valence electrons. The van der Waals surface area contributed by atoms with E-state index in [1.54, 1.807) is 6.92 Å². The highest BCUT2D eigenvalue weighted by molar-refractivity contribution is 9.10. The van der Waals surface area contributed by atoms with Crippen LogP contribution in [0, 0.1) is 12.7 Å². The number of halogens is 2. The van der Waals surface area contributed by atoms with Gasteiger partial charge in [-0.05, 0) is 61.2 Å². The molecule has 2 aromatic rings. The maximum Gasteiger partial charge on any atom is 0.181 e. The Kier molecular flexibility index (Phi) is 7.14. The van der Waals surface area contributed by atoms with Crippen molar-refractivity contribution in [3.8, 4) is 0 Å². The van der Waals surface area contributed by atoms with Crippen LogP contribution in [0.1, 0.15) is 43.2 Å². The predicted molar refractivity (Wildman–Crippen MR) is 116 cm³/mol. The lowest BCUT2D eigenvalue weighted by molar-refractivity contribution is 0.154. The molecule has 1 aliphatic rings. The number of rotatable bonds is 7. The summed E-state index contributed by atoms with van der Waals surface area (Å²) in [5.74, 6) is -1.04. The first-order valence-corrected chi connectivity index (χ1v) is 12.3. The molecule has 4 nitrogen and oxygen atoms in total. The van der Waals surface area contributed by atoms with Crippen molar-refractivity contribution in [1.29, 1.82) is 0 Å². The molecule has 0 aliphatic heterocycles. The molecule has 7 heteroatoms. The van der Waals surface area contributed by atoms with Gasteiger partial charge in [0.05, 0.1) is 16.8 Å². The van der Waals surface area contributed by atoms with Crippen LogP contribution < -0.4 is 5.32 Å². The zero-order valence-electron chi connectivity index (χ0n) is 16.5. The number of aryl methyl sites for hydroxylation is 1. The molecule has 0 aromatic heterocycles. The lowest BCUT2D eigenvalue weighted by Crippen LogP contribution is -2.48. The Hall–Kier alpha value is -1.28. The first kappa shape index (κ1) is 22.4. The van der Waals surface area contributed by atoms with Gasteiger partial charge < -0.3 is 10.4 Å². The van der Waals surface area contributed by atoms with E-state index in [9.17, 15) is 17.9 Å².